The van der Waals surface area contributed by atoms with Crippen LogP contribution in [0.1, 0.15) is 32.3 Å². The van der Waals surface area contributed by atoms with Crippen LogP contribution in [0.5, 0.6) is 0 Å². The lowest BCUT2D eigenvalue weighted by Gasteiger charge is -2.37. The summed E-state index contributed by atoms with van der Waals surface area (Å²) in [6, 6.07) is 6.74. The Hall–Kier alpha value is -1.55. The predicted molar refractivity (Wildman–Crippen MR) is 85.9 cm³/mol. The maximum atomic E-state index is 12.7. The summed E-state index contributed by atoms with van der Waals surface area (Å²) in [6.07, 6.45) is 1.91. The van der Waals surface area contributed by atoms with Gasteiger partial charge in [0, 0.05) is 17.5 Å². The highest BCUT2D eigenvalue weighted by Crippen LogP contribution is 2.26. The topological polar surface area (TPSA) is 57.6 Å². The number of rotatable bonds is 4. The maximum Gasteiger partial charge on any atom is 0.326 e. The molecule has 0 aromatic heterocycles. The third kappa shape index (κ3) is 3.80. The molecule has 3 unspecified atom stereocenters. The average Bonchev–Trinajstić information content (AvgIpc) is 2.48. The molecule has 1 amide bonds. The first-order valence-corrected chi connectivity index (χ1v) is 8.04. The molecule has 0 radical (unpaired) electrons. The number of halogens is 1. The van der Waals surface area contributed by atoms with Gasteiger partial charge in [0.15, 0.2) is 0 Å². The monoisotopic (exact) mass is 323 g/mol. The van der Waals surface area contributed by atoms with Crippen molar-refractivity contribution in [2.24, 2.45) is 11.8 Å². The van der Waals surface area contributed by atoms with E-state index in [1.165, 1.54) is 4.90 Å². The van der Waals surface area contributed by atoms with Crippen LogP contribution in [0.2, 0.25) is 5.02 Å². The fraction of sp³-hybridized carbons (Fsp3) is 0.529. The van der Waals surface area contributed by atoms with Gasteiger partial charge in [0.05, 0.1) is 0 Å². The number of carboxylic acid groups (broad SMARTS) is 1. The highest BCUT2D eigenvalue weighted by molar-refractivity contribution is 6.31. The van der Waals surface area contributed by atoms with E-state index < -0.39 is 12.0 Å². The van der Waals surface area contributed by atoms with Crippen molar-refractivity contribution in [1.29, 1.82) is 0 Å². The highest BCUT2D eigenvalue weighted by atomic mass is 35.5. The number of hydrogen-bond donors (Lipinski definition) is 1. The van der Waals surface area contributed by atoms with Crippen LogP contribution in [-0.4, -0.2) is 34.5 Å². The molecule has 5 heteroatoms. The lowest BCUT2D eigenvalue weighted by atomic mass is 9.90. The Morgan fingerprint density at radius 3 is 2.73 bits per heavy atom. The fourth-order valence-corrected chi connectivity index (χ4v) is 3.22. The van der Waals surface area contributed by atoms with Crippen LogP contribution in [0.4, 0.5) is 0 Å². The van der Waals surface area contributed by atoms with Crippen LogP contribution in [0.25, 0.3) is 0 Å². The van der Waals surface area contributed by atoms with Crippen LogP contribution in [0.3, 0.4) is 0 Å². The first kappa shape index (κ1) is 16.8. The van der Waals surface area contributed by atoms with E-state index >= 15 is 0 Å². The van der Waals surface area contributed by atoms with Gasteiger partial charge in [0.1, 0.15) is 6.04 Å². The zero-order chi connectivity index (χ0) is 16.3. The van der Waals surface area contributed by atoms with Crippen LogP contribution in [-0.2, 0) is 16.0 Å². The summed E-state index contributed by atoms with van der Waals surface area (Å²) in [4.78, 5) is 25.6. The second kappa shape index (κ2) is 7.14. The Labute approximate surface area is 136 Å². The molecule has 2 rings (SSSR count). The van der Waals surface area contributed by atoms with Crippen molar-refractivity contribution in [3.63, 3.8) is 0 Å². The minimum Gasteiger partial charge on any atom is -0.480 e. The molecule has 3 atom stereocenters. The quantitative estimate of drug-likeness (QED) is 0.925. The summed E-state index contributed by atoms with van der Waals surface area (Å²) in [6.45, 7) is 4.39. The van der Waals surface area contributed by atoms with Gasteiger partial charge in [-0.25, -0.2) is 4.79 Å². The molecule has 1 aromatic carbocycles. The first-order chi connectivity index (χ1) is 10.4. The second-order valence-electron chi connectivity index (χ2n) is 6.21. The molecular weight excluding hydrogens is 302 g/mol. The second-order valence-corrected chi connectivity index (χ2v) is 6.62. The number of piperidine rings is 1. The van der Waals surface area contributed by atoms with Gasteiger partial charge < -0.3 is 10.0 Å². The van der Waals surface area contributed by atoms with Crippen molar-refractivity contribution in [2.45, 2.75) is 39.2 Å². The lowest BCUT2D eigenvalue weighted by Crippen LogP contribution is -2.51. The van der Waals surface area contributed by atoms with Crippen LogP contribution < -0.4 is 0 Å². The zero-order valence-electron chi connectivity index (χ0n) is 13.0. The zero-order valence-corrected chi connectivity index (χ0v) is 13.7. The van der Waals surface area contributed by atoms with E-state index in [9.17, 15) is 14.7 Å². The summed E-state index contributed by atoms with van der Waals surface area (Å²) in [7, 11) is 0. The van der Waals surface area contributed by atoms with Gasteiger partial charge in [-0.2, -0.15) is 0 Å². The van der Waals surface area contributed by atoms with Crippen LogP contribution >= 0.6 is 11.6 Å². The lowest BCUT2D eigenvalue weighted by molar-refractivity contribution is -0.154. The molecule has 120 valence electrons. The van der Waals surface area contributed by atoms with E-state index in [4.69, 9.17) is 11.6 Å². The standard InChI is InChI=1S/C17H22ClNO3/c1-11-7-8-19(15(9-11)17(21)22)16(20)12(2)10-13-5-3-4-6-14(13)18/h3-6,11-12,15H,7-10H2,1-2H3,(H,21,22). The molecule has 22 heavy (non-hydrogen) atoms. The summed E-state index contributed by atoms with van der Waals surface area (Å²) in [5, 5.41) is 10.0. The number of carbonyl (C=O) groups is 2. The molecular formula is C17H22ClNO3. The van der Waals surface area contributed by atoms with Gasteiger partial charge >= 0.3 is 5.97 Å². The molecule has 1 aliphatic heterocycles. The molecule has 1 fully saturated rings. The molecule has 1 aromatic rings. The number of hydrogen-bond acceptors (Lipinski definition) is 2. The van der Waals surface area contributed by atoms with E-state index in [0.717, 1.165) is 12.0 Å². The Kier molecular flexibility index (Phi) is 5.46. The summed E-state index contributed by atoms with van der Waals surface area (Å²) < 4.78 is 0. The number of amides is 1. The Morgan fingerprint density at radius 2 is 2.09 bits per heavy atom. The molecule has 0 bridgehead atoms. The Bertz CT molecular complexity index is 561. The Morgan fingerprint density at radius 1 is 1.41 bits per heavy atom. The van der Waals surface area contributed by atoms with Crippen LogP contribution in [0, 0.1) is 11.8 Å². The minimum absolute atomic E-state index is 0.0979. The number of likely N-dealkylation sites (tertiary alicyclic amines) is 1. The van der Waals surface area contributed by atoms with Gasteiger partial charge in [-0.1, -0.05) is 43.6 Å². The number of carbonyl (C=O) groups excluding carboxylic acids is 1. The van der Waals surface area contributed by atoms with Gasteiger partial charge in [-0.3, -0.25) is 4.79 Å². The van der Waals surface area contributed by atoms with Crippen molar-refractivity contribution in [2.75, 3.05) is 6.54 Å². The smallest absolute Gasteiger partial charge is 0.326 e. The third-order valence-electron chi connectivity index (χ3n) is 4.34. The number of benzene rings is 1. The van der Waals surface area contributed by atoms with Gasteiger partial charge in [0.2, 0.25) is 5.91 Å². The minimum atomic E-state index is -0.912. The molecule has 4 nitrogen and oxygen atoms in total. The van der Waals surface area contributed by atoms with Crippen molar-refractivity contribution in [3.8, 4) is 0 Å². The van der Waals surface area contributed by atoms with Crippen LogP contribution in [0.15, 0.2) is 24.3 Å². The first-order valence-electron chi connectivity index (χ1n) is 7.66. The van der Waals surface area contributed by atoms with E-state index in [2.05, 4.69) is 0 Å². The fourth-order valence-electron chi connectivity index (χ4n) is 3.00. The van der Waals surface area contributed by atoms with Crippen molar-refractivity contribution in [3.05, 3.63) is 34.9 Å². The normalized spacial score (nSPS) is 23.1. The van der Waals surface area contributed by atoms with E-state index in [0.29, 0.717) is 30.3 Å². The summed E-state index contributed by atoms with van der Waals surface area (Å²) in [5.41, 5.74) is 0.919. The van der Waals surface area contributed by atoms with Crippen molar-refractivity contribution in [1.82, 2.24) is 4.90 Å². The van der Waals surface area contributed by atoms with E-state index in [-0.39, 0.29) is 11.8 Å². The molecule has 1 saturated heterocycles. The average molecular weight is 324 g/mol. The largest absolute Gasteiger partial charge is 0.480 e. The van der Waals surface area contributed by atoms with E-state index in [1.807, 2.05) is 32.0 Å². The summed E-state index contributed by atoms with van der Waals surface area (Å²) >= 11 is 6.14. The molecule has 0 saturated carbocycles. The number of carboxylic acids is 1. The predicted octanol–water partition coefficient (Wildman–Crippen LogP) is 3.23. The molecule has 1 N–H and O–H groups in total. The Balaban J connectivity index is 2.09. The number of aliphatic carboxylic acids is 1. The van der Waals surface area contributed by atoms with Gasteiger partial charge in [-0.15, -0.1) is 0 Å². The third-order valence-corrected chi connectivity index (χ3v) is 4.71. The van der Waals surface area contributed by atoms with Gasteiger partial charge in [0.25, 0.3) is 0 Å². The summed E-state index contributed by atoms with van der Waals surface area (Å²) in [5.74, 6) is -0.955. The maximum absolute atomic E-state index is 12.7. The molecule has 1 aliphatic rings. The molecule has 1 heterocycles. The SMILES string of the molecule is CC1CCN(C(=O)C(C)Cc2ccccc2Cl)C(C(=O)O)C1. The number of nitrogens with zero attached hydrogens (tertiary/aromatic N) is 1. The molecule has 0 aliphatic carbocycles. The molecule has 0 spiro atoms. The van der Waals surface area contributed by atoms with Crippen molar-refractivity contribution < 1.29 is 14.7 Å². The van der Waals surface area contributed by atoms with E-state index in [1.54, 1.807) is 6.07 Å². The van der Waals surface area contributed by atoms with Gasteiger partial charge in [-0.05, 0) is 36.8 Å². The van der Waals surface area contributed by atoms with Crippen molar-refractivity contribution >= 4 is 23.5 Å². The highest BCUT2D eigenvalue weighted by Gasteiger charge is 2.36.